The molecule has 0 saturated carbocycles. The van der Waals surface area contributed by atoms with E-state index >= 15 is 0 Å². The van der Waals surface area contributed by atoms with Crippen LogP contribution in [-0.4, -0.2) is 52.0 Å². The van der Waals surface area contributed by atoms with Crippen LogP contribution in [0.2, 0.25) is 0 Å². The second-order valence-electron chi connectivity index (χ2n) is 6.60. The number of hydrogen-bond donors (Lipinski definition) is 1. The monoisotopic (exact) mass is 341 g/mol. The molecule has 0 fully saturated rings. The van der Waals surface area contributed by atoms with Crippen LogP contribution in [0.4, 0.5) is 0 Å². The first-order chi connectivity index (χ1) is 12.0. The van der Waals surface area contributed by atoms with Crippen molar-refractivity contribution in [2.24, 2.45) is 0 Å². The highest BCUT2D eigenvalue weighted by Gasteiger charge is 2.23. The summed E-state index contributed by atoms with van der Waals surface area (Å²) in [5.41, 5.74) is 2.60. The summed E-state index contributed by atoms with van der Waals surface area (Å²) in [7, 11) is 4.00. The van der Waals surface area contributed by atoms with Crippen molar-refractivity contribution in [2.45, 2.75) is 31.8 Å². The fourth-order valence-corrected chi connectivity index (χ4v) is 3.17. The number of hydrogen-bond acceptors (Lipinski definition) is 5. The predicted molar refractivity (Wildman–Crippen MR) is 94.6 cm³/mol. The van der Waals surface area contributed by atoms with E-state index in [-0.39, 0.29) is 17.5 Å². The summed E-state index contributed by atoms with van der Waals surface area (Å²) in [6.07, 6.45) is 6.83. The van der Waals surface area contributed by atoms with Crippen molar-refractivity contribution in [3.05, 3.63) is 58.0 Å². The zero-order valence-corrected chi connectivity index (χ0v) is 14.6. The lowest BCUT2D eigenvalue weighted by molar-refractivity contribution is 0.0928. The fraction of sp³-hybridized carbons (Fsp3) is 0.444. The largest absolute Gasteiger partial charge is 0.348 e. The van der Waals surface area contributed by atoms with E-state index in [1.165, 1.54) is 12.4 Å². The number of rotatable bonds is 5. The average Bonchev–Trinajstić information content (AvgIpc) is 2.61. The Balaban J connectivity index is 1.72. The molecule has 0 bridgehead atoms. The van der Waals surface area contributed by atoms with Crippen LogP contribution >= 0.6 is 0 Å². The molecule has 1 N–H and O–H groups in total. The second kappa shape index (κ2) is 7.57. The first-order valence-electron chi connectivity index (χ1n) is 8.48. The van der Waals surface area contributed by atoms with Crippen molar-refractivity contribution in [2.75, 3.05) is 20.6 Å². The summed E-state index contributed by atoms with van der Waals surface area (Å²) >= 11 is 0. The maximum absolute atomic E-state index is 12.2. The molecule has 1 atom stereocenters. The van der Waals surface area contributed by atoms with Crippen molar-refractivity contribution in [3.8, 4) is 0 Å². The Bertz CT molecular complexity index is 801. The Morgan fingerprint density at radius 2 is 2.20 bits per heavy atom. The molecule has 2 aromatic rings. The summed E-state index contributed by atoms with van der Waals surface area (Å²) in [4.78, 5) is 34.5. The number of aromatic nitrogens is 3. The Labute approximate surface area is 146 Å². The Kier molecular flexibility index (Phi) is 5.23. The molecule has 0 aliphatic heterocycles. The molecular weight excluding hydrogens is 318 g/mol. The number of carbonyl (C=O) groups is 1. The van der Waals surface area contributed by atoms with Crippen molar-refractivity contribution in [3.63, 3.8) is 0 Å². The highest BCUT2D eigenvalue weighted by Crippen LogP contribution is 2.20. The molecule has 132 valence electrons. The van der Waals surface area contributed by atoms with Crippen LogP contribution in [0.5, 0.6) is 0 Å². The molecule has 7 heteroatoms. The summed E-state index contributed by atoms with van der Waals surface area (Å²) in [5, 5.41) is 3.02. The number of nitrogens with one attached hydrogen (secondary N) is 1. The van der Waals surface area contributed by atoms with E-state index in [1.54, 1.807) is 12.3 Å². The number of fused-ring (bicyclic) bond motifs is 1. The van der Waals surface area contributed by atoms with Crippen LogP contribution < -0.4 is 10.9 Å². The summed E-state index contributed by atoms with van der Waals surface area (Å²) < 4.78 is 1.87. The zero-order chi connectivity index (χ0) is 17.8. The molecule has 1 aliphatic rings. The molecule has 0 spiro atoms. The molecule has 0 saturated heterocycles. The highest BCUT2D eigenvalue weighted by atomic mass is 16.2. The molecule has 2 heterocycles. The van der Waals surface area contributed by atoms with Gasteiger partial charge in [0.2, 0.25) is 0 Å². The molecule has 1 aliphatic carbocycles. The second-order valence-corrected chi connectivity index (χ2v) is 6.60. The number of carbonyl (C=O) groups excluding carboxylic acids is 1. The lowest BCUT2D eigenvalue weighted by Crippen LogP contribution is -2.41. The van der Waals surface area contributed by atoms with Gasteiger partial charge in [0.25, 0.3) is 11.5 Å². The van der Waals surface area contributed by atoms with Gasteiger partial charge in [0.1, 0.15) is 5.69 Å². The molecule has 7 nitrogen and oxygen atoms in total. The SMILES string of the molecule is CN(C)CCn1c2c(ccc1=O)C[C@H](NC(=O)c1cnccn1)CC2. The quantitative estimate of drug-likeness (QED) is 0.856. The van der Waals surface area contributed by atoms with Crippen molar-refractivity contribution < 1.29 is 4.79 Å². The first-order valence-corrected chi connectivity index (χ1v) is 8.48. The number of amides is 1. The van der Waals surface area contributed by atoms with Crippen LogP contribution in [0.3, 0.4) is 0 Å². The van der Waals surface area contributed by atoms with E-state index < -0.39 is 0 Å². The van der Waals surface area contributed by atoms with Crippen LogP contribution in [0.1, 0.15) is 28.2 Å². The predicted octanol–water partition coefficient (Wildman–Crippen LogP) is 0.487. The lowest BCUT2D eigenvalue weighted by atomic mass is 9.91. The highest BCUT2D eigenvalue weighted by molar-refractivity contribution is 5.92. The van der Waals surface area contributed by atoms with Gasteiger partial charge in [-0.25, -0.2) is 4.98 Å². The van der Waals surface area contributed by atoms with E-state index in [1.807, 2.05) is 24.7 Å². The number of likely N-dealkylation sites (N-methyl/N-ethyl adjacent to an activating group) is 1. The van der Waals surface area contributed by atoms with E-state index in [0.29, 0.717) is 12.2 Å². The summed E-state index contributed by atoms with van der Waals surface area (Å²) in [6.45, 7) is 1.51. The minimum Gasteiger partial charge on any atom is -0.348 e. The molecule has 1 amide bonds. The molecular formula is C18H23N5O2. The standard InChI is InChI=1S/C18H23N5O2/c1-22(2)9-10-23-16-5-4-14(11-13(16)3-6-17(23)24)21-18(25)15-12-19-7-8-20-15/h3,6-8,12,14H,4-5,9-11H2,1-2H3,(H,21,25)/t14-/m1/s1. The van der Waals surface area contributed by atoms with E-state index in [2.05, 4.69) is 20.2 Å². The lowest BCUT2D eigenvalue weighted by Gasteiger charge is -2.28. The third-order valence-electron chi connectivity index (χ3n) is 4.49. The minimum absolute atomic E-state index is 0.0433. The molecule has 2 aromatic heterocycles. The molecule has 25 heavy (non-hydrogen) atoms. The third kappa shape index (κ3) is 4.11. The Morgan fingerprint density at radius 3 is 2.92 bits per heavy atom. The topological polar surface area (TPSA) is 80.1 Å². The van der Waals surface area contributed by atoms with Gasteiger partial charge in [-0.3, -0.25) is 14.6 Å². The minimum atomic E-state index is -0.206. The van der Waals surface area contributed by atoms with Crippen LogP contribution in [0.15, 0.2) is 35.5 Å². The van der Waals surface area contributed by atoms with Gasteiger partial charge in [-0.15, -0.1) is 0 Å². The summed E-state index contributed by atoms with van der Waals surface area (Å²) in [5.74, 6) is -0.206. The van der Waals surface area contributed by atoms with Gasteiger partial charge in [-0.2, -0.15) is 0 Å². The number of pyridine rings is 1. The third-order valence-corrected chi connectivity index (χ3v) is 4.49. The molecule has 3 rings (SSSR count). The van der Waals surface area contributed by atoms with E-state index in [9.17, 15) is 9.59 Å². The first kappa shape index (κ1) is 17.3. The maximum Gasteiger partial charge on any atom is 0.271 e. The van der Waals surface area contributed by atoms with Crippen LogP contribution in [-0.2, 0) is 19.4 Å². The average molecular weight is 341 g/mol. The van der Waals surface area contributed by atoms with Gasteiger partial charge in [0.05, 0.1) is 6.20 Å². The molecule has 0 unspecified atom stereocenters. The molecule has 0 radical (unpaired) electrons. The van der Waals surface area contributed by atoms with Crippen molar-refractivity contribution in [1.82, 2.24) is 24.8 Å². The van der Waals surface area contributed by atoms with E-state index in [0.717, 1.165) is 37.1 Å². The summed E-state index contributed by atoms with van der Waals surface area (Å²) in [6, 6.07) is 3.56. The smallest absolute Gasteiger partial charge is 0.271 e. The van der Waals surface area contributed by atoms with Gasteiger partial charge in [-0.05, 0) is 38.9 Å². The van der Waals surface area contributed by atoms with Crippen molar-refractivity contribution >= 4 is 5.91 Å². The van der Waals surface area contributed by atoms with Gasteiger partial charge < -0.3 is 14.8 Å². The Morgan fingerprint density at radius 1 is 1.36 bits per heavy atom. The normalized spacial score (nSPS) is 16.5. The van der Waals surface area contributed by atoms with Crippen LogP contribution in [0, 0.1) is 0 Å². The van der Waals surface area contributed by atoms with Crippen molar-refractivity contribution in [1.29, 1.82) is 0 Å². The van der Waals surface area contributed by atoms with Crippen LogP contribution in [0.25, 0.3) is 0 Å². The van der Waals surface area contributed by atoms with Gasteiger partial charge >= 0.3 is 0 Å². The van der Waals surface area contributed by atoms with Gasteiger partial charge in [0.15, 0.2) is 0 Å². The number of nitrogens with zero attached hydrogens (tertiary/aromatic N) is 4. The Hall–Kier alpha value is -2.54. The maximum atomic E-state index is 12.2. The zero-order valence-electron chi connectivity index (χ0n) is 14.6. The fourth-order valence-electron chi connectivity index (χ4n) is 3.17. The van der Waals surface area contributed by atoms with E-state index in [4.69, 9.17) is 0 Å². The molecule has 0 aromatic carbocycles. The van der Waals surface area contributed by atoms with Gasteiger partial charge in [-0.1, -0.05) is 6.07 Å². The van der Waals surface area contributed by atoms with Gasteiger partial charge in [0, 0.05) is 43.3 Å².